The summed E-state index contributed by atoms with van der Waals surface area (Å²) in [5.74, 6) is 4.12. The molecular formula is C39H66O5. The van der Waals surface area contributed by atoms with Crippen LogP contribution in [0.2, 0.25) is 0 Å². The monoisotopic (exact) mass is 614 g/mol. The first-order valence-corrected chi connectivity index (χ1v) is 18.5. The SMILES string of the molecule is C=C(C)C(=O)OCC(COC(=O)C(=C)C(C)O)C1CCC(CCCCC2CCC(C3CCC(CCCCC)CC3)CC2)CC1. The number of esters is 2. The Labute approximate surface area is 270 Å². The van der Waals surface area contributed by atoms with Crippen LogP contribution in [0.3, 0.4) is 0 Å². The topological polar surface area (TPSA) is 72.8 Å². The van der Waals surface area contributed by atoms with Crippen molar-refractivity contribution in [3.05, 3.63) is 24.3 Å². The van der Waals surface area contributed by atoms with Gasteiger partial charge in [0.15, 0.2) is 0 Å². The van der Waals surface area contributed by atoms with E-state index in [4.69, 9.17) is 9.47 Å². The molecule has 0 aromatic heterocycles. The van der Waals surface area contributed by atoms with Gasteiger partial charge in [-0.2, -0.15) is 0 Å². The summed E-state index contributed by atoms with van der Waals surface area (Å²) < 4.78 is 11.0. The maximum Gasteiger partial charge on any atom is 0.336 e. The van der Waals surface area contributed by atoms with Crippen molar-refractivity contribution in [3.8, 4) is 0 Å². The minimum absolute atomic E-state index is 0.0508. The van der Waals surface area contributed by atoms with Gasteiger partial charge in [-0.3, -0.25) is 0 Å². The third-order valence-electron chi connectivity index (χ3n) is 11.7. The van der Waals surface area contributed by atoms with Gasteiger partial charge in [-0.1, -0.05) is 110 Å². The van der Waals surface area contributed by atoms with Gasteiger partial charge in [-0.05, 0) is 87.9 Å². The molecule has 3 rings (SSSR count). The molecule has 3 aliphatic rings. The van der Waals surface area contributed by atoms with E-state index in [-0.39, 0.29) is 24.7 Å². The van der Waals surface area contributed by atoms with E-state index in [0.717, 1.165) is 42.4 Å². The summed E-state index contributed by atoms with van der Waals surface area (Å²) >= 11 is 0. The summed E-state index contributed by atoms with van der Waals surface area (Å²) in [7, 11) is 0. The standard InChI is InChI=1S/C39H66O5/c1-6-7-8-11-31-14-20-34(21-15-31)35-22-16-32(17-23-35)12-9-10-13-33-18-24-36(25-19-33)37(26-43-38(41)28(2)3)27-44-39(42)29(4)30(5)40/h30-37,40H,2,4,6-27H2,1,3,5H3. The van der Waals surface area contributed by atoms with E-state index in [1.807, 2.05) is 0 Å². The van der Waals surface area contributed by atoms with Gasteiger partial charge in [-0.15, -0.1) is 0 Å². The number of rotatable bonds is 18. The molecule has 0 spiro atoms. The summed E-state index contributed by atoms with van der Waals surface area (Å²) in [5.41, 5.74) is 0.422. The van der Waals surface area contributed by atoms with Crippen LogP contribution >= 0.6 is 0 Å². The van der Waals surface area contributed by atoms with Crippen molar-refractivity contribution in [2.45, 2.75) is 155 Å². The Bertz CT molecular complexity index is 869. The molecule has 5 heteroatoms. The maximum atomic E-state index is 12.3. The number of ether oxygens (including phenoxy) is 2. The van der Waals surface area contributed by atoms with Crippen LogP contribution in [0.5, 0.6) is 0 Å². The van der Waals surface area contributed by atoms with E-state index in [2.05, 4.69) is 20.1 Å². The molecular weight excluding hydrogens is 548 g/mol. The van der Waals surface area contributed by atoms with E-state index >= 15 is 0 Å². The first-order chi connectivity index (χ1) is 21.2. The summed E-state index contributed by atoms with van der Waals surface area (Å²) in [5, 5.41) is 9.65. The van der Waals surface area contributed by atoms with Crippen molar-refractivity contribution >= 4 is 11.9 Å². The number of hydrogen-bond donors (Lipinski definition) is 1. The van der Waals surface area contributed by atoms with Crippen molar-refractivity contribution in [2.24, 2.45) is 41.4 Å². The molecule has 3 saturated carbocycles. The Morgan fingerprint density at radius 2 is 1.09 bits per heavy atom. The molecule has 1 N–H and O–H groups in total. The number of carbonyl (C=O) groups excluding carboxylic acids is 2. The molecule has 0 aliphatic heterocycles. The predicted octanol–water partition coefficient (Wildman–Crippen LogP) is 9.76. The highest BCUT2D eigenvalue weighted by Crippen LogP contribution is 2.43. The summed E-state index contributed by atoms with van der Waals surface area (Å²) in [6, 6.07) is 0. The maximum absolute atomic E-state index is 12.3. The summed E-state index contributed by atoms with van der Waals surface area (Å²) in [4.78, 5) is 24.3. The van der Waals surface area contributed by atoms with Gasteiger partial charge in [0, 0.05) is 11.5 Å². The normalized spacial score (nSPS) is 28.9. The molecule has 3 fully saturated rings. The van der Waals surface area contributed by atoms with E-state index in [1.165, 1.54) is 122 Å². The summed E-state index contributed by atoms with van der Waals surface area (Å²) in [6.07, 6.45) is 26.7. The molecule has 5 nitrogen and oxygen atoms in total. The zero-order chi connectivity index (χ0) is 31.9. The molecule has 2 unspecified atom stereocenters. The Morgan fingerprint density at radius 3 is 1.50 bits per heavy atom. The van der Waals surface area contributed by atoms with Crippen molar-refractivity contribution in [1.82, 2.24) is 0 Å². The van der Waals surface area contributed by atoms with Crippen LogP contribution in [0.15, 0.2) is 24.3 Å². The molecule has 3 aliphatic carbocycles. The van der Waals surface area contributed by atoms with E-state index < -0.39 is 18.0 Å². The van der Waals surface area contributed by atoms with Gasteiger partial charge in [0.2, 0.25) is 0 Å². The van der Waals surface area contributed by atoms with Crippen LogP contribution in [0.1, 0.15) is 149 Å². The van der Waals surface area contributed by atoms with Gasteiger partial charge in [0.1, 0.15) is 0 Å². The molecule has 0 aromatic rings. The second-order valence-corrected chi connectivity index (χ2v) is 15.1. The van der Waals surface area contributed by atoms with E-state index in [0.29, 0.717) is 11.5 Å². The number of aliphatic hydroxyl groups is 1. The largest absolute Gasteiger partial charge is 0.462 e. The quantitative estimate of drug-likeness (QED) is 0.0945. The highest BCUT2D eigenvalue weighted by Gasteiger charge is 2.32. The van der Waals surface area contributed by atoms with Crippen LogP contribution in [-0.2, 0) is 19.1 Å². The third kappa shape index (κ3) is 12.6. The molecule has 0 amide bonds. The summed E-state index contributed by atoms with van der Waals surface area (Å²) in [6.45, 7) is 13.2. The van der Waals surface area contributed by atoms with Crippen molar-refractivity contribution < 1.29 is 24.2 Å². The lowest BCUT2D eigenvalue weighted by Crippen LogP contribution is -2.31. The first-order valence-electron chi connectivity index (χ1n) is 18.5. The minimum Gasteiger partial charge on any atom is -0.462 e. The lowest BCUT2D eigenvalue weighted by atomic mass is 9.68. The Hall–Kier alpha value is -1.62. The number of hydrogen-bond acceptors (Lipinski definition) is 5. The molecule has 0 saturated heterocycles. The minimum atomic E-state index is -0.942. The lowest BCUT2D eigenvalue weighted by Gasteiger charge is -2.38. The smallest absolute Gasteiger partial charge is 0.336 e. The van der Waals surface area contributed by atoms with Crippen LogP contribution in [0.25, 0.3) is 0 Å². The zero-order valence-corrected chi connectivity index (χ0v) is 28.7. The number of unbranched alkanes of at least 4 members (excludes halogenated alkanes) is 3. The number of aliphatic hydroxyl groups excluding tert-OH is 1. The molecule has 0 bridgehead atoms. The molecule has 44 heavy (non-hydrogen) atoms. The fourth-order valence-corrected chi connectivity index (χ4v) is 8.47. The Kier molecular flexibility index (Phi) is 16.6. The highest BCUT2D eigenvalue weighted by molar-refractivity contribution is 5.88. The van der Waals surface area contributed by atoms with E-state index in [9.17, 15) is 14.7 Å². The van der Waals surface area contributed by atoms with Gasteiger partial charge in [-0.25, -0.2) is 9.59 Å². The van der Waals surface area contributed by atoms with Crippen molar-refractivity contribution in [1.29, 1.82) is 0 Å². The number of carbonyl (C=O) groups is 2. The zero-order valence-electron chi connectivity index (χ0n) is 28.7. The van der Waals surface area contributed by atoms with E-state index in [1.54, 1.807) is 6.92 Å². The van der Waals surface area contributed by atoms with Gasteiger partial charge in [0.05, 0.1) is 24.9 Å². The fraction of sp³-hybridized carbons (Fsp3) is 0.846. The molecule has 0 heterocycles. The highest BCUT2D eigenvalue weighted by atomic mass is 16.5. The van der Waals surface area contributed by atoms with Crippen molar-refractivity contribution in [3.63, 3.8) is 0 Å². The van der Waals surface area contributed by atoms with Crippen LogP contribution < -0.4 is 0 Å². The second kappa shape index (κ2) is 19.8. The molecule has 0 aromatic carbocycles. The Balaban J connectivity index is 1.30. The average Bonchev–Trinajstić information content (AvgIpc) is 3.03. The van der Waals surface area contributed by atoms with Crippen LogP contribution in [0.4, 0.5) is 0 Å². The average molecular weight is 615 g/mol. The molecule has 0 radical (unpaired) electrons. The lowest BCUT2D eigenvalue weighted by molar-refractivity contribution is -0.146. The second-order valence-electron chi connectivity index (χ2n) is 15.1. The van der Waals surface area contributed by atoms with Crippen molar-refractivity contribution in [2.75, 3.05) is 13.2 Å². The predicted molar refractivity (Wildman–Crippen MR) is 180 cm³/mol. The van der Waals surface area contributed by atoms with Gasteiger partial charge >= 0.3 is 11.9 Å². The van der Waals surface area contributed by atoms with Gasteiger partial charge in [0.25, 0.3) is 0 Å². The fourth-order valence-electron chi connectivity index (χ4n) is 8.47. The Morgan fingerprint density at radius 1 is 0.682 bits per heavy atom. The van der Waals surface area contributed by atoms with Crippen LogP contribution in [-0.4, -0.2) is 36.4 Å². The molecule has 252 valence electrons. The molecule has 2 atom stereocenters. The first kappa shape index (κ1) is 36.8. The third-order valence-corrected chi connectivity index (χ3v) is 11.7. The van der Waals surface area contributed by atoms with Crippen LogP contribution in [0, 0.1) is 41.4 Å². The van der Waals surface area contributed by atoms with Gasteiger partial charge < -0.3 is 14.6 Å².